The molecule has 2 aliphatic rings. The molecule has 1 fully saturated rings. The lowest BCUT2D eigenvalue weighted by Crippen LogP contribution is -2.62. The molecule has 0 aromatic rings. The van der Waals surface area contributed by atoms with E-state index in [0.717, 1.165) is 14.7 Å². The van der Waals surface area contributed by atoms with Crippen LogP contribution in [0.25, 0.3) is 0 Å². The minimum atomic E-state index is -1.76. The van der Waals surface area contributed by atoms with E-state index in [2.05, 4.69) is 4.99 Å². The van der Waals surface area contributed by atoms with E-state index in [1.54, 1.807) is 0 Å². The summed E-state index contributed by atoms with van der Waals surface area (Å²) in [6.45, 7) is -3.13. The molecule has 0 aromatic heterocycles. The quantitative estimate of drug-likeness (QED) is 0.428. The average Bonchev–Trinajstić information content (AvgIpc) is 2.76. The van der Waals surface area contributed by atoms with Crippen molar-refractivity contribution in [1.29, 1.82) is 0 Å². The van der Waals surface area contributed by atoms with Gasteiger partial charge in [-0.15, -0.1) is 0 Å². The highest BCUT2D eigenvalue weighted by Crippen LogP contribution is 2.36. The zero-order chi connectivity index (χ0) is 13.5. The first-order valence-corrected chi connectivity index (χ1v) is 5.01. The number of nitrogens with zero attached hydrogens (tertiary/aromatic N) is 4. The predicted molar refractivity (Wildman–Crippen MR) is 54.8 cm³/mol. The summed E-state index contributed by atoms with van der Waals surface area (Å²) in [5.41, 5.74) is -1.76. The Morgan fingerprint density at radius 3 is 2.06 bits per heavy atom. The van der Waals surface area contributed by atoms with Crippen LogP contribution in [0.1, 0.15) is 0 Å². The van der Waals surface area contributed by atoms with E-state index in [4.69, 9.17) is 10.2 Å². The molecule has 0 aliphatic carbocycles. The van der Waals surface area contributed by atoms with Gasteiger partial charge in [0.05, 0.1) is 6.61 Å². The summed E-state index contributed by atoms with van der Waals surface area (Å²) in [6, 6.07) is -1.69. The van der Waals surface area contributed by atoms with Gasteiger partial charge in [0, 0.05) is 0 Å². The lowest BCUT2D eigenvalue weighted by atomic mass is 10.1. The Hall–Kier alpha value is -1.75. The van der Waals surface area contributed by atoms with Crippen LogP contribution in [0, 0.1) is 0 Å². The zero-order valence-electron chi connectivity index (χ0n) is 9.22. The lowest BCUT2D eigenvalue weighted by molar-refractivity contribution is -0.0435. The fraction of sp³-hybridized carbons (Fsp3) is 0.625. The van der Waals surface area contributed by atoms with Crippen molar-refractivity contribution in [3.8, 4) is 0 Å². The summed E-state index contributed by atoms with van der Waals surface area (Å²) in [4.78, 5) is 29.1. The Labute approximate surface area is 101 Å². The molecule has 1 unspecified atom stereocenters. The van der Waals surface area contributed by atoms with Crippen molar-refractivity contribution in [3.63, 3.8) is 0 Å². The van der Waals surface area contributed by atoms with Crippen molar-refractivity contribution >= 4 is 17.9 Å². The van der Waals surface area contributed by atoms with E-state index in [1.807, 2.05) is 0 Å². The first-order chi connectivity index (χ1) is 8.58. The van der Waals surface area contributed by atoms with Crippen LogP contribution in [-0.2, 0) is 0 Å². The molecule has 0 spiro atoms. The van der Waals surface area contributed by atoms with Crippen LogP contribution in [0.4, 0.5) is 9.59 Å². The number of hydrogen-bond donors (Lipinski definition) is 4. The molecular formula is C8H12N4O6. The van der Waals surface area contributed by atoms with E-state index in [-0.39, 0.29) is 5.84 Å². The molecule has 10 heteroatoms. The van der Waals surface area contributed by atoms with Gasteiger partial charge in [-0.05, 0) is 0 Å². The molecule has 18 heavy (non-hydrogen) atoms. The molecule has 4 N–H and O–H groups in total. The Morgan fingerprint density at radius 2 is 1.61 bits per heavy atom. The summed E-state index contributed by atoms with van der Waals surface area (Å²) >= 11 is 0. The lowest BCUT2D eigenvalue weighted by Gasteiger charge is -2.37. The van der Waals surface area contributed by atoms with Gasteiger partial charge < -0.3 is 20.4 Å². The van der Waals surface area contributed by atoms with Crippen LogP contribution in [0.3, 0.4) is 0 Å². The first-order valence-electron chi connectivity index (χ1n) is 5.01. The molecule has 2 rings (SSSR count). The van der Waals surface area contributed by atoms with Crippen molar-refractivity contribution in [1.82, 2.24) is 14.7 Å². The first kappa shape index (κ1) is 12.7. The molecular weight excluding hydrogens is 248 g/mol. The second kappa shape index (κ2) is 4.17. The van der Waals surface area contributed by atoms with Crippen LogP contribution in [0.15, 0.2) is 4.99 Å². The van der Waals surface area contributed by atoms with Gasteiger partial charge in [-0.3, -0.25) is 14.7 Å². The van der Waals surface area contributed by atoms with Crippen molar-refractivity contribution in [2.45, 2.75) is 5.66 Å². The van der Waals surface area contributed by atoms with Crippen molar-refractivity contribution in [3.05, 3.63) is 0 Å². The van der Waals surface area contributed by atoms with E-state index in [9.17, 15) is 19.8 Å². The third-order valence-corrected chi connectivity index (χ3v) is 3.05. The standard InChI is InChI=1S/C8H12N4O6/c13-1-8-5(9-6(17)11(8)3-15)10(2-14)7(18)12(8)4-16/h13-16H,1-4H2. The molecule has 4 amide bonds. The maximum Gasteiger partial charge on any atom is 0.349 e. The van der Waals surface area contributed by atoms with Gasteiger partial charge >= 0.3 is 12.1 Å². The minimum absolute atomic E-state index is 0.217. The number of amides is 4. The molecule has 0 radical (unpaired) electrons. The van der Waals surface area contributed by atoms with Gasteiger partial charge in [-0.1, -0.05) is 0 Å². The summed E-state index contributed by atoms with van der Waals surface area (Å²) in [7, 11) is 0. The highest BCUT2D eigenvalue weighted by atomic mass is 16.3. The summed E-state index contributed by atoms with van der Waals surface area (Å²) in [6.07, 6.45) is 0. The van der Waals surface area contributed by atoms with Gasteiger partial charge in [0.25, 0.3) is 0 Å². The van der Waals surface area contributed by atoms with Gasteiger partial charge in [0.2, 0.25) is 5.66 Å². The summed E-state index contributed by atoms with van der Waals surface area (Å²) in [5, 5.41) is 36.9. The zero-order valence-corrected chi connectivity index (χ0v) is 9.22. The maximum absolute atomic E-state index is 11.8. The second-order valence-electron chi connectivity index (χ2n) is 3.68. The van der Waals surface area contributed by atoms with Gasteiger partial charge in [0.15, 0.2) is 5.84 Å². The molecule has 10 nitrogen and oxygen atoms in total. The highest BCUT2D eigenvalue weighted by molar-refractivity contribution is 6.17. The number of carbonyl (C=O) groups excluding carboxylic acids is 2. The second-order valence-corrected chi connectivity index (χ2v) is 3.68. The van der Waals surface area contributed by atoms with E-state index < -0.39 is 44.5 Å². The number of urea groups is 2. The van der Waals surface area contributed by atoms with Crippen molar-refractivity contribution in [2.75, 3.05) is 26.8 Å². The van der Waals surface area contributed by atoms with E-state index in [0.29, 0.717) is 0 Å². The number of carbonyl (C=O) groups is 2. The summed E-state index contributed by atoms with van der Waals surface area (Å²) in [5.74, 6) is -0.217. The smallest absolute Gasteiger partial charge is 0.349 e. The largest absolute Gasteiger partial charge is 0.391 e. The number of amidine groups is 1. The Morgan fingerprint density at radius 1 is 1.00 bits per heavy atom. The minimum Gasteiger partial charge on any atom is -0.391 e. The molecule has 0 aromatic carbocycles. The van der Waals surface area contributed by atoms with Crippen molar-refractivity contribution in [2.24, 2.45) is 4.99 Å². The Bertz CT molecular complexity index is 426. The normalized spacial score (nSPS) is 27.1. The molecule has 1 saturated heterocycles. The number of rotatable bonds is 4. The van der Waals surface area contributed by atoms with Crippen LogP contribution < -0.4 is 0 Å². The number of aliphatic imine (C=N–C) groups is 1. The highest BCUT2D eigenvalue weighted by Gasteiger charge is 2.63. The maximum atomic E-state index is 11.8. The van der Waals surface area contributed by atoms with Crippen LogP contribution in [0.2, 0.25) is 0 Å². The average molecular weight is 260 g/mol. The SMILES string of the molecule is O=C1N=C2N(CO)C(=O)N(CO)C2(CO)N1CO. The number of aliphatic hydroxyl groups excluding tert-OH is 4. The third kappa shape index (κ3) is 1.22. The van der Waals surface area contributed by atoms with Crippen molar-refractivity contribution < 1.29 is 30.0 Å². The molecule has 2 aliphatic heterocycles. The number of fused-ring (bicyclic) bond motifs is 1. The number of aliphatic hydroxyl groups is 4. The Balaban J connectivity index is 2.58. The topological polar surface area (TPSA) is 137 Å². The molecule has 0 saturated carbocycles. The molecule has 1 atom stereocenters. The number of hydrogen-bond acceptors (Lipinski definition) is 6. The molecule has 2 heterocycles. The molecule has 0 bridgehead atoms. The fourth-order valence-electron chi connectivity index (χ4n) is 2.18. The van der Waals surface area contributed by atoms with Gasteiger partial charge in [-0.2, -0.15) is 4.99 Å². The van der Waals surface area contributed by atoms with Crippen LogP contribution in [-0.4, -0.2) is 85.5 Å². The van der Waals surface area contributed by atoms with Crippen LogP contribution >= 0.6 is 0 Å². The fourth-order valence-corrected chi connectivity index (χ4v) is 2.18. The van der Waals surface area contributed by atoms with Gasteiger partial charge in [-0.25, -0.2) is 9.59 Å². The van der Waals surface area contributed by atoms with E-state index in [1.165, 1.54) is 0 Å². The van der Waals surface area contributed by atoms with E-state index >= 15 is 0 Å². The predicted octanol–water partition coefficient (Wildman–Crippen LogP) is -2.90. The monoisotopic (exact) mass is 260 g/mol. The Kier molecular flexibility index (Phi) is 2.94. The van der Waals surface area contributed by atoms with Crippen LogP contribution in [0.5, 0.6) is 0 Å². The van der Waals surface area contributed by atoms with Gasteiger partial charge in [0.1, 0.15) is 20.2 Å². The summed E-state index contributed by atoms with van der Waals surface area (Å²) < 4.78 is 0. The third-order valence-electron chi connectivity index (χ3n) is 3.05. The molecule has 100 valence electrons.